The first kappa shape index (κ1) is 17.4. The number of carbonyl (C=O) groups is 1. The number of benzene rings is 1. The predicted molar refractivity (Wildman–Crippen MR) is 88.3 cm³/mol. The van der Waals surface area contributed by atoms with Gasteiger partial charge in [0.25, 0.3) is 0 Å². The monoisotopic (exact) mass is 372 g/mol. The summed E-state index contributed by atoms with van der Waals surface area (Å²) >= 11 is 3.30. The molecule has 0 bridgehead atoms. The summed E-state index contributed by atoms with van der Waals surface area (Å²) in [5, 5.41) is 2.63. The third-order valence-corrected chi connectivity index (χ3v) is 5.08. The van der Waals surface area contributed by atoms with Gasteiger partial charge in [0.15, 0.2) is 0 Å². The van der Waals surface area contributed by atoms with E-state index in [0.29, 0.717) is 29.2 Å². The van der Waals surface area contributed by atoms with E-state index in [1.807, 2.05) is 27.0 Å². The van der Waals surface area contributed by atoms with Crippen LogP contribution >= 0.6 is 15.9 Å². The van der Waals surface area contributed by atoms with Gasteiger partial charge in [0.2, 0.25) is 5.91 Å². The normalized spacial score (nSPS) is 21.1. The molecule has 1 aliphatic heterocycles. The van der Waals surface area contributed by atoms with Gasteiger partial charge in [-0.1, -0.05) is 0 Å². The maximum absolute atomic E-state index is 14.0. The fourth-order valence-electron chi connectivity index (χ4n) is 2.66. The SMILES string of the molecule is CC(=O)Nc1cc(F)c(Br)c(CC[C@H]2COC(C)(C)N2C)c1. The highest BCUT2D eigenvalue weighted by molar-refractivity contribution is 9.10. The van der Waals surface area contributed by atoms with E-state index in [-0.39, 0.29) is 17.4 Å². The Hall–Kier alpha value is -0.980. The third-order valence-electron chi connectivity index (χ3n) is 4.20. The molecule has 1 aromatic rings. The Kier molecular flexibility index (Phi) is 5.25. The molecule has 0 aliphatic carbocycles. The van der Waals surface area contributed by atoms with E-state index in [4.69, 9.17) is 4.74 Å². The van der Waals surface area contributed by atoms with E-state index >= 15 is 0 Å². The topological polar surface area (TPSA) is 41.6 Å². The summed E-state index contributed by atoms with van der Waals surface area (Å²) in [6, 6.07) is 3.44. The zero-order valence-electron chi connectivity index (χ0n) is 13.4. The number of nitrogens with one attached hydrogen (secondary N) is 1. The van der Waals surface area contributed by atoms with Crippen LogP contribution < -0.4 is 5.32 Å². The van der Waals surface area contributed by atoms with Gasteiger partial charge in [0, 0.05) is 18.7 Å². The van der Waals surface area contributed by atoms with Crippen molar-refractivity contribution in [2.75, 3.05) is 19.0 Å². The molecule has 0 aromatic heterocycles. The Morgan fingerprint density at radius 2 is 2.23 bits per heavy atom. The Balaban J connectivity index is 2.09. The van der Waals surface area contributed by atoms with Gasteiger partial charge >= 0.3 is 0 Å². The minimum absolute atomic E-state index is 0.210. The largest absolute Gasteiger partial charge is 0.359 e. The highest BCUT2D eigenvalue weighted by Gasteiger charge is 2.37. The molecular formula is C16H22BrFN2O2. The number of amides is 1. The second-order valence-corrected chi connectivity index (χ2v) is 6.97. The Bertz CT molecular complexity index is 578. The van der Waals surface area contributed by atoms with Crippen LogP contribution in [-0.4, -0.2) is 36.2 Å². The summed E-state index contributed by atoms with van der Waals surface area (Å²) in [6.07, 6.45) is 1.57. The van der Waals surface area contributed by atoms with Crippen LogP contribution in [0.1, 0.15) is 32.8 Å². The third kappa shape index (κ3) is 3.86. The first-order valence-corrected chi connectivity index (χ1v) is 8.12. The molecule has 122 valence electrons. The fourth-order valence-corrected chi connectivity index (χ4v) is 3.08. The van der Waals surface area contributed by atoms with Crippen LogP contribution in [-0.2, 0) is 16.0 Å². The number of aryl methyl sites for hydroxylation is 1. The lowest BCUT2D eigenvalue weighted by Crippen LogP contribution is -2.40. The van der Waals surface area contributed by atoms with Crippen LogP contribution in [0, 0.1) is 5.82 Å². The molecule has 1 fully saturated rings. The molecule has 6 heteroatoms. The standard InChI is InChI=1S/C16H22BrFN2O2/c1-10(21)19-12-7-11(15(17)14(18)8-12)5-6-13-9-22-16(2,3)20(13)4/h7-8,13H,5-6,9H2,1-4H3,(H,19,21)/t13-/m0/s1. The van der Waals surface area contributed by atoms with Crippen molar-refractivity contribution in [2.45, 2.75) is 45.4 Å². The number of likely N-dealkylation sites (N-methyl/N-ethyl adjacent to an activating group) is 1. The number of halogens is 2. The summed E-state index contributed by atoms with van der Waals surface area (Å²) < 4.78 is 20.2. The van der Waals surface area contributed by atoms with Crippen molar-refractivity contribution in [2.24, 2.45) is 0 Å². The van der Waals surface area contributed by atoms with Crippen molar-refractivity contribution < 1.29 is 13.9 Å². The summed E-state index contributed by atoms with van der Waals surface area (Å²) in [7, 11) is 2.04. The van der Waals surface area contributed by atoms with E-state index < -0.39 is 0 Å². The molecule has 1 saturated heterocycles. The average molecular weight is 373 g/mol. The van der Waals surface area contributed by atoms with Crippen LogP contribution in [0.4, 0.5) is 10.1 Å². The van der Waals surface area contributed by atoms with Crippen molar-refractivity contribution in [1.29, 1.82) is 0 Å². The lowest BCUT2D eigenvalue weighted by molar-refractivity contribution is -0.114. The highest BCUT2D eigenvalue weighted by atomic mass is 79.9. The van der Waals surface area contributed by atoms with Gasteiger partial charge in [-0.2, -0.15) is 0 Å². The molecule has 0 unspecified atom stereocenters. The second kappa shape index (κ2) is 6.64. The molecule has 1 heterocycles. The summed E-state index contributed by atoms with van der Waals surface area (Å²) in [6.45, 7) is 6.17. The number of hydrogen-bond acceptors (Lipinski definition) is 3. The van der Waals surface area contributed by atoms with Gasteiger partial charge in [-0.3, -0.25) is 9.69 Å². The lowest BCUT2D eigenvalue weighted by Gasteiger charge is -2.29. The summed E-state index contributed by atoms with van der Waals surface area (Å²) in [4.78, 5) is 13.3. The van der Waals surface area contributed by atoms with Crippen LogP contribution in [0.15, 0.2) is 16.6 Å². The molecule has 1 amide bonds. The van der Waals surface area contributed by atoms with E-state index in [1.54, 1.807) is 0 Å². The molecule has 1 N–H and O–H groups in total. The maximum atomic E-state index is 14.0. The minimum Gasteiger partial charge on any atom is -0.359 e. The Morgan fingerprint density at radius 3 is 2.77 bits per heavy atom. The molecule has 22 heavy (non-hydrogen) atoms. The zero-order chi connectivity index (χ0) is 16.5. The minimum atomic E-state index is -0.363. The summed E-state index contributed by atoms with van der Waals surface area (Å²) in [5.41, 5.74) is 1.08. The highest BCUT2D eigenvalue weighted by Crippen LogP contribution is 2.30. The Labute approximate surface area is 139 Å². The van der Waals surface area contributed by atoms with Gasteiger partial charge in [0.1, 0.15) is 11.5 Å². The molecule has 4 nitrogen and oxygen atoms in total. The van der Waals surface area contributed by atoms with E-state index in [0.717, 1.165) is 12.0 Å². The molecule has 1 atom stereocenters. The second-order valence-electron chi connectivity index (χ2n) is 6.17. The number of nitrogens with zero attached hydrogens (tertiary/aromatic N) is 1. The lowest BCUT2D eigenvalue weighted by atomic mass is 10.0. The van der Waals surface area contributed by atoms with E-state index in [1.165, 1.54) is 13.0 Å². The van der Waals surface area contributed by atoms with Gasteiger partial charge < -0.3 is 10.1 Å². The number of rotatable bonds is 4. The molecular weight excluding hydrogens is 351 g/mol. The molecule has 1 aliphatic rings. The van der Waals surface area contributed by atoms with Crippen molar-refractivity contribution in [3.63, 3.8) is 0 Å². The first-order chi connectivity index (χ1) is 10.2. The number of anilines is 1. The fraction of sp³-hybridized carbons (Fsp3) is 0.562. The number of ether oxygens (including phenoxy) is 1. The predicted octanol–water partition coefficient (Wildman–Crippen LogP) is 3.55. The number of hydrogen-bond donors (Lipinski definition) is 1. The smallest absolute Gasteiger partial charge is 0.221 e. The van der Waals surface area contributed by atoms with E-state index in [9.17, 15) is 9.18 Å². The molecule has 0 spiro atoms. The van der Waals surface area contributed by atoms with Crippen molar-refractivity contribution in [3.8, 4) is 0 Å². The van der Waals surface area contributed by atoms with Crippen LogP contribution in [0.5, 0.6) is 0 Å². The van der Waals surface area contributed by atoms with Gasteiger partial charge in [0.05, 0.1) is 11.1 Å². The van der Waals surface area contributed by atoms with E-state index in [2.05, 4.69) is 26.1 Å². The quantitative estimate of drug-likeness (QED) is 0.878. The van der Waals surface area contributed by atoms with Crippen molar-refractivity contribution >= 4 is 27.5 Å². The number of carbonyl (C=O) groups excluding carboxylic acids is 1. The van der Waals surface area contributed by atoms with Crippen LogP contribution in [0.3, 0.4) is 0 Å². The van der Waals surface area contributed by atoms with Crippen molar-refractivity contribution in [3.05, 3.63) is 28.0 Å². The van der Waals surface area contributed by atoms with Gasteiger partial charge in [-0.05, 0) is 67.4 Å². The first-order valence-electron chi connectivity index (χ1n) is 7.33. The molecule has 1 aromatic carbocycles. The molecule has 0 saturated carbocycles. The zero-order valence-corrected chi connectivity index (χ0v) is 15.0. The maximum Gasteiger partial charge on any atom is 0.221 e. The average Bonchev–Trinajstić information content (AvgIpc) is 2.67. The Morgan fingerprint density at radius 1 is 1.55 bits per heavy atom. The van der Waals surface area contributed by atoms with Crippen LogP contribution in [0.2, 0.25) is 0 Å². The van der Waals surface area contributed by atoms with Crippen LogP contribution in [0.25, 0.3) is 0 Å². The summed E-state index contributed by atoms with van der Waals surface area (Å²) in [5.74, 6) is -0.573. The molecule has 2 rings (SSSR count). The van der Waals surface area contributed by atoms with Gasteiger partial charge in [-0.25, -0.2) is 4.39 Å². The molecule has 0 radical (unpaired) electrons. The van der Waals surface area contributed by atoms with Crippen molar-refractivity contribution in [1.82, 2.24) is 4.90 Å². The van der Waals surface area contributed by atoms with Gasteiger partial charge in [-0.15, -0.1) is 0 Å².